The van der Waals surface area contributed by atoms with E-state index in [0.29, 0.717) is 15.1 Å². The second-order valence-corrected chi connectivity index (χ2v) is 5.03. The first-order chi connectivity index (χ1) is 7.65. The van der Waals surface area contributed by atoms with E-state index in [1.165, 1.54) is 6.07 Å². The Hall–Kier alpha value is -0.120. The van der Waals surface area contributed by atoms with Crippen LogP contribution in [0.5, 0.6) is 0 Å². The molecule has 4 heteroatoms. The number of hydrogen-bond acceptors (Lipinski definition) is 1. The molecule has 1 aromatic rings. The van der Waals surface area contributed by atoms with Gasteiger partial charge >= 0.3 is 0 Å². The van der Waals surface area contributed by atoms with E-state index >= 15 is 0 Å². The van der Waals surface area contributed by atoms with Crippen LogP contribution in [0.1, 0.15) is 24.8 Å². The Morgan fingerprint density at radius 1 is 1.31 bits per heavy atom. The molecule has 0 heterocycles. The lowest BCUT2D eigenvalue weighted by Gasteiger charge is -2.05. The van der Waals surface area contributed by atoms with Gasteiger partial charge in [-0.3, -0.25) is 0 Å². The van der Waals surface area contributed by atoms with Crippen LogP contribution in [0.15, 0.2) is 16.6 Å². The third-order valence-corrected chi connectivity index (χ3v) is 3.66. The molecule has 1 nitrogen and oxygen atoms in total. The summed E-state index contributed by atoms with van der Waals surface area (Å²) in [7, 11) is 1.94. The minimum absolute atomic E-state index is 0.176. The lowest BCUT2D eigenvalue weighted by atomic mass is 10.1. The number of aryl methyl sites for hydroxylation is 1. The van der Waals surface area contributed by atoms with Crippen molar-refractivity contribution in [1.29, 1.82) is 0 Å². The van der Waals surface area contributed by atoms with Crippen molar-refractivity contribution in [3.8, 4) is 0 Å². The number of nitrogens with one attached hydrogen (secondary N) is 1. The lowest BCUT2D eigenvalue weighted by Crippen LogP contribution is -2.07. The summed E-state index contributed by atoms with van der Waals surface area (Å²) >= 11 is 9.13. The third-order valence-electron chi connectivity index (χ3n) is 2.46. The van der Waals surface area contributed by atoms with Crippen LogP contribution in [0.4, 0.5) is 4.39 Å². The summed E-state index contributed by atoms with van der Waals surface area (Å²) in [5, 5.41) is 3.67. The molecule has 0 aliphatic carbocycles. The van der Waals surface area contributed by atoms with E-state index in [9.17, 15) is 4.39 Å². The molecule has 16 heavy (non-hydrogen) atoms. The van der Waals surface area contributed by atoms with Gasteiger partial charge < -0.3 is 5.32 Å². The van der Waals surface area contributed by atoms with Gasteiger partial charge in [0.2, 0.25) is 0 Å². The first-order valence-corrected chi connectivity index (χ1v) is 6.60. The van der Waals surface area contributed by atoms with E-state index in [-0.39, 0.29) is 5.82 Å². The minimum Gasteiger partial charge on any atom is -0.320 e. The second kappa shape index (κ2) is 7.25. The molecule has 0 spiro atoms. The Morgan fingerprint density at radius 3 is 2.75 bits per heavy atom. The monoisotopic (exact) mass is 307 g/mol. The van der Waals surface area contributed by atoms with E-state index in [4.69, 9.17) is 11.6 Å². The number of rotatable bonds is 6. The molecular formula is C12H16BrClFN. The Morgan fingerprint density at radius 2 is 2.06 bits per heavy atom. The van der Waals surface area contributed by atoms with Crippen molar-refractivity contribution in [2.75, 3.05) is 13.6 Å². The van der Waals surface area contributed by atoms with Crippen molar-refractivity contribution < 1.29 is 4.39 Å². The van der Waals surface area contributed by atoms with Gasteiger partial charge in [-0.05, 0) is 66.5 Å². The fourth-order valence-corrected chi connectivity index (χ4v) is 2.05. The zero-order chi connectivity index (χ0) is 12.0. The molecule has 0 aromatic heterocycles. The molecule has 0 aliphatic heterocycles. The Bertz CT molecular complexity index is 344. The highest BCUT2D eigenvalue weighted by Crippen LogP contribution is 2.26. The number of hydrogen-bond donors (Lipinski definition) is 1. The highest BCUT2D eigenvalue weighted by molar-refractivity contribution is 9.10. The average Bonchev–Trinajstić information content (AvgIpc) is 2.25. The Labute approximate surface area is 110 Å². The van der Waals surface area contributed by atoms with Gasteiger partial charge in [-0.25, -0.2) is 4.39 Å². The molecule has 1 N–H and O–H groups in total. The molecule has 1 rings (SSSR count). The van der Waals surface area contributed by atoms with Gasteiger partial charge in [-0.15, -0.1) is 0 Å². The first-order valence-electron chi connectivity index (χ1n) is 5.43. The zero-order valence-electron chi connectivity index (χ0n) is 9.32. The van der Waals surface area contributed by atoms with Gasteiger partial charge in [-0.2, -0.15) is 0 Å². The fourth-order valence-electron chi connectivity index (χ4n) is 1.55. The quantitative estimate of drug-likeness (QED) is 0.614. The van der Waals surface area contributed by atoms with Crippen molar-refractivity contribution >= 4 is 27.5 Å². The highest BCUT2D eigenvalue weighted by Gasteiger charge is 2.06. The average molecular weight is 309 g/mol. The third kappa shape index (κ3) is 4.40. The van der Waals surface area contributed by atoms with Crippen molar-refractivity contribution in [3.05, 3.63) is 33.0 Å². The maximum atomic E-state index is 13.5. The molecule has 0 saturated heterocycles. The second-order valence-electron chi connectivity index (χ2n) is 3.77. The van der Waals surface area contributed by atoms with E-state index in [1.807, 2.05) is 7.05 Å². The zero-order valence-corrected chi connectivity index (χ0v) is 11.7. The first kappa shape index (κ1) is 13.9. The van der Waals surface area contributed by atoms with Gasteiger partial charge in [-0.1, -0.05) is 18.0 Å². The largest absolute Gasteiger partial charge is 0.320 e. The smallest absolute Gasteiger partial charge is 0.127 e. The van der Waals surface area contributed by atoms with Crippen molar-refractivity contribution in [2.45, 2.75) is 25.7 Å². The molecule has 1 aromatic carbocycles. The van der Waals surface area contributed by atoms with Gasteiger partial charge in [0, 0.05) is 4.47 Å². The van der Waals surface area contributed by atoms with Gasteiger partial charge in [0.05, 0.1) is 5.02 Å². The van der Waals surface area contributed by atoms with Crippen molar-refractivity contribution in [2.24, 2.45) is 0 Å². The maximum absolute atomic E-state index is 13.5. The van der Waals surface area contributed by atoms with Crippen LogP contribution in [0, 0.1) is 5.82 Å². The predicted molar refractivity (Wildman–Crippen MR) is 70.6 cm³/mol. The molecule has 0 saturated carbocycles. The molecule has 0 bridgehead atoms. The predicted octanol–water partition coefficient (Wildman–Crippen LogP) is 4.17. The van der Waals surface area contributed by atoms with Crippen LogP contribution in [0.25, 0.3) is 0 Å². The molecular weight excluding hydrogens is 292 g/mol. The lowest BCUT2D eigenvalue weighted by molar-refractivity contribution is 0.590. The summed E-state index contributed by atoms with van der Waals surface area (Å²) in [6.45, 7) is 1.02. The molecule has 0 unspecified atom stereocenters. The summed E-state index contributed by atoms with van der Waals surface area (Å²) in [4.78, 5) is 0. The summed E-state index contributed by atoms with van der Waals surface area (Å²) < 4.78 is 14.1. The van der Waals surface area contributed by atoms with Crippen LogP contribution in [0.3, 0.4) is 0 Å². The Kier molecular flexibility index (Phi) is 6.32. The van der Waals surface area contributed by atoms with Crippen molar-refractivity contribution in [1.82, 2.24) is 5.32 Å². The van der Waals surface area contributed by atoms with Crippen molar-refractivity contribution in [3.63, 3.8) is 0 Å². The van der Waals surface area contributed by atoms with Crippen LogP contribution >= 0.6 is 27.5 Å². The highest BCUT2D eigenvalue weighted by atomic mass is 79.9. The SMILES string of the molecule is CNCCCCCc1cc(Cl)c(Br)cc1F. The van der Waals surface area contributed by atoms with Crippen LogP contribution in [-0.4, -0.2) is 13.6 Å². The maximum Gasteiger partial charge on any atom is 0.127 e. The van der Waals surface area contributed by atoms with Gasteiger partial charge in [0.25, 0.3) is 0 Å². The Balaban J connectivity index is 2.45. The molecule has 0 amide bonds. The summed E-state index contributed by atoms with van der Waals surface area (Å²) in [6.07, 6.45) is 3.98. The van der Waals surface area contributed by atoms with Crippen LogP contribution in [-0.2, 0) is 6.42 Å². The molecule has 90 valence electrons. The fraction of sp³-hybridized carbons (Fsp3) is 0.500. The normalized spacial score (nSPS) is 10.8. The minimum atomic E-state index is -0.176. The molecule has 0 atom stereocenters. The van der Waals surface area contributed by atoms with Crippen LogP contribution in [0.2, 0.25) is 5.02 Å². The van der Waals surface area contributed by atoms with E-state index in [2.05, 4.69) is 21.2 Å². The standard InChI is InChI=1S/C12H16BrClFN/c1-16-6-4-2-3-5-9-7-11(14)10(13)8-12(9)15/h7-8,16H,2-6H2,1H3. The van der Waals surface area contributed by atoms with E-state index in [0.717, 1.165) is 32.2 Å². The van der Waals surface area contributed by atoms with Gasteiger partial charge in [0.1, 0.15) is 5.82 Å². The molecule has 0 radical (unpaired) electrons. The van der Waals surface area contributed by atoms with E-state index in [1.54, 1.807) is 6.07 Å². The summed E-state index contributed by atoms with van der Waals surface area (Å²) in [5.74, 6) is -0.176. The molecule has 0 fully saturated rings. The summed E-state index contributed by atoms with van der Waals surface area (Å²) in [5.41, 5.74) is 0.706. The number of unbranched alkanes of at least 4 members (excludes halogenated alkanes) is 2. The van der Waals surface area contributed by atoms with Crippen LogP contribution < -0.4 is 5.32 Å². The molecule has 0 aliphatic rings. The van der Waals surface area contributed by atoms with Gasteiger partial charge in [0.15, 0.2) is 0 Å². The number of benzene rings is 1. The number of halogens is 3. The summed E-state index contributed by atoms with van der Waals surface area (Å²) in [6, 6.07) is 3.14. The van der Waals surface area contributed by atoms with E-state index < -0.39 is 0 Å². The topological polar surface area (TPSA) is 12.0 Å².